The lowest BCUT2D eigenvalue weighted by atomic mass is 10.3. The van der Waals surface area contributed by atoms with Crippen molar-refractivity contribution >= 4 is 5.69 Å². The van der Waals surface area contributed by atoms with E-state index in [4.69, 9.17) is 4.42 Å². The number of pyridine rings is 1. The average Bonchev–Trinajstić information content (AvgIpc) is 2.93. The van der Waals surface area contributed by atoms with Crippen LogP contribution in [0.1, 0.15) is 24.7 Å². The third kappa shape index (κ3) is 4.54. The maximum atomic E-state index is 12.7. The molecule has 0 radical (unpaired) electrons. The van der Waals surface area contributed by atoms with Gasteiger partial charge in [-0.2, -0.15) is 8.78 Å². The van der Waals surface area contributed by atoms with Gasteiger partial charge in [0.2, 0.25) is 17.7 Å². The van der Waals surface area contributed by atoms with Crippen molar-refractivity contribution in [3.63, 3.8) is 0 Å². The number of hydrogen-bond acceptors (Lipinski definition) is 6. The first-order valence-corrected chi connectivity index (χ1v) is 6.59. The van der Waals surface area contributed by atoms with Gasteiger partial charge in [-0.25, -0.2) is 13.8 Å². The monoisotopic (exact) mass is 334 g/mol. The number of halogens is 4. The molecule has 0 amide bonds. The highest BCUT2D eigenvalue weighted by Gasteiger charge is 2.41. The standard InChI is InChI=1S/C13H14F4N4O2/c1-7(11-21-20-8(2)23-11)19-9-3-4-10(18-5-9)22-6-13(16,17)12(14)15/h3-5,7,12,19H,6H2,1-2H3/t7-/m1/s1. The zero-order valence-corrected chi connectivity index (χ0v) is 12.3. The smallest absolute Gasteiger partial charge is 0.340 e. The van der Waals surface area contributed by atoms with E-state index in [1.165, 1.54) is 18.3 Å². The second-order valence-corrected chi connectivity index (χ2v) is 4.76. The molecular weight excluding hydrogens is 320 g/mol. The van der Waals surface area contributed by atoms with E-state index in [-0.39, 0.29) is 11.9 Å². The van der Waals surface area contributed by atoms with Crippen molar-refractivity contribution in [2.24, 2.45) is 0 Å². The second kappa shape index (κ2) is 6.80. The summed E-state index contributed by atoms with van der Waals surface area (Å²) < 4.78 is 59.3. The molecule has 0 bridgehead atoms. The molecule has 23 heavy (non-hydrogen) atoms. The summed E-state index contributed by atoms with van der Waals surface area (Å²) in [7, 11) is 0. The summed E-state index contributed by atoms with van der Waals surface area (Å²) in [6, 6.07) is 2.49. The molecule has 0 aromatic carbocycles. The van der Waals surface area contributed by atoms with Crippen LogP contribution in [0.5, 0.6) is 5.88 Å². The van der Waals surface area contributed by atoms with E-state index in [0.717, 1.165) is 0 Å². The number of ether oxygens (including phenoxy) is 1. The minimum absolute atomic E-state index is 0.183. The van der Waals surface area contributed by atoms with Crippen LogP contribution in [-0.4, -0.2) is 34.1 Å². The quantitative estimate of drug-likeness (QED) is 0.784. The maximum absolute atomic E-state index is 12.7. The van der Waals surface area contributed by atoms with E-state index in [0.29, 0.717) is 17.5 Å². The van der Waals surface area contributed by atoms with Crippen LogP contribution in [0.25, 0.3) is 0 Å². The summed E-state index contributed by atoms with van der Waals surface area (Å²) in [6.07, 6.45) is -2.47. The minimum Gasteiger partial charge on any atom is -0.471 e. The molecule has 1 N–H and O–H groups in total. The third-order valence-electron chi connectivity index (χ3n) is 2.76. The fraction of sp³-hybridized carbons (Fsp3) is 0.462. The predicted octanol–water partition coefficient (Wildman–Crippen LogP) is 3.23. The molecule has 0 fully saturated rings. The zero-order chi connectivity index (χ0) is 17.0. The lowest BCUT2D eigenvalue weighted by molar-refractivity contribution is -0.148. The van der Waals surface area contributed by atoms with Gasteiger partial charge >= 0.3 is 12.3 Å². The first-order valence-electron chi connectivity index (χ1n) is 6.59. The molecule has 2 rings (SSSR count). The molecule has 0 saturated carbocycles. The number of nitrogens with zero attached hydrogens (tertiary/aromatic N) is 3. The molecule has 0 aliphatic rings. The van der Waals surface area contributed by atoms with Crippen molar-refractivity contribution in [1.29, 1.82) is 0 Å². The normalized spacial score (nSPS) is 13.2. The molecule has 2 aromatic rings. The molecule has 1 atom stereocenters. The number of alkyl halides is 4. The summed E-state index contributed by atoms with van der Waals surface area (Å²) in [4.78, 5) is 3.76. The predicted molar refractivity (Wildman–Crippen MR) is 71.8 cm³/mol. The van der Waals surface area contributed by atoms with Crippen molar-refractivity contribution in [2.75, 3.05) is 11.9 Å². The first kappa shape index (κ1) is 17.0. The molecule has 0 aliphatic heterocycles. The van der Waals surface area contributed by atoms with Crippen LogP contribution < -0.4 is 10.1 Å². The Morgan fingerprint density at radius 3 is 2.57 bits per heavy atom. The molecule has 2 aromatic heterocycles. The van der Waals surface area contributed by atoms with Gasteiger partial charge in [-0.3, -0.25) is 0 Å². The van der Waals surface area contributed by atoms with Crippen molar-refractivity contribution in [2.45, 2.75) is 32.2 Å². The van der Waals surface area contributed by atoms with Gasteiger partial charge in [-0.15, -0.1) is 10.2 Å². The van der Waals surface area contributed by atoms with E-state index < -0.39 is 19.0 Å². The molecule has 126 valence electrons. The number of aryl methyl sites for hydroxylation is 1. The van der Waals surface area contributed by atoms with Gasteiger partial charge in [0, 0.05) is 13.0 Å². The van der Waals surface area contributed by atoms with Gasteiger partial charge in [0.05, 0.1) is 11.9 Å². The molecule has 0 saturated heterocycles. The second-order valence-electron chi connectivity index (χ2n) is 4.76. The Bertz CT molecular complexity index is 633. The van der Waals surface area contributed by atoms with Gasteiger partial charge in [0.15, 0.2) is 6.61 Å². The number of anilines is 1. The molecule has 6 nitrogen and oxygen atoms in total. The van der Waals surface area contributed by atoms with Crippen molar-refractivity contribution in [3.05, 3.63) is 30.1 Å². The zero-order valence-electron chi connectivity index (χ0n) is 12.3. The van der Waals surface area contributed by atoms with Crippen LogP contribution in [0.4, 0.5) is 23.2 Å². The van der Waals surface area contributed by atoms with Gasteiger partial charge in [0.1, 0.15) is 6.04 Å². The summed E-state index contributed by atoms with van der Waals surface area (Å²) in [5, 5.41) is 10.6. The van der Waals surface area contributed by atoms with Gasteiger partial charge in [0.25, 0.3) is 0 Å². The highest BCUT2D eigenvalue weighted by molar-refractivity contribution is 5.43. The lowest BCUT2D eigenvalue weighted by Gasteiger charge is -2.16. The van der Waals surface area contributed by atoms with E-state index in [1.54, 1.807) is 13.8 Å². The third-order valence-corrected chi connectivity index (χ3v) is 2.76. The fourth-order valence-corrected chi connectivity index (χ4v) is 1.58. The summed E-state index contributed by atoms with van der Waals surface area (Å²) >= 11 is 0. The summed E-state index contributed by atoms with van der Waals surface area (Å²) in [5.41, 5.74) is 0.543. The van der Waals surface area contributed by atoms with Crippen molar-refractivity contribution < 1.29 is 26.7 Å². The molecular formula is C13H14F4N4O2. The Labute approximate surface area is 128 Å². The molecule has 0 unspecified atom stereocenters. The maximum Gasteiger partial charge on any atom is 0.340 e. The Balaban J connectivity index is 1.92. The van der Waals surface area contributed by atoms with Crippen molar-refractivity contribution in [1.82, 2.24) is 15.2 Å². The largest absolute Gasteiger partial charge is 0.471 e. The van der Waals surface area contributed by atoms with E-state index in [1.807, 2.05) is 0 Å². The topological polar surface area (TPSA) is 73.1 Å². The van der Waals surface area contributed by atoms with E-state index in [9.17, 15) is 17.6 Å². The molecule has 0 spiro atoms. The Morgan fingerprint density at radius 2 is 2.04 bits per heavy atom. The molecule has 2 heterocycles. The number of rotatable bonds is 7. The minimum atomic E-state index is -4.22. The highest BCUT2D eigenvalue weighted by atomic mass is 19.3. The van der Waals surface area contributed by atoms with Crippen LogP contribution in [0.2, 0.25) is 0 Å². The fourth-order valence-electron chi connectivity index (χ4n) is 1.58. The molecule has 10 heteroatoms. The SMILES string of the molecule is Cc1nnc([C@@H](C)Nc2ccc(OCC(F)(F)C(F)F)nc2)o1. The Morgan fingerprint density at radius 1 is 1.30 bits per heavy atom. The van der Waals surface area contributed by atoms with Gasteiger partial charge < -0.3 is 14.5 Å². The van der Waals surface area contributed by atoms with Crippen LogP contribution in [0, 0.1) is 6.92 Å². The van der Waals surface area contributed by atoms with E-state index >= 15 is 0 Å². The van der Waals surface area contributed by atoms with E-state index in [2.05, 4.69) is 25.2 Å². The van der Waals surface area contributed by atoms with Crippen LogP contribution in [0.3, 0.4) is 0 Å². The lowest BCUT2D eigenvalue weighted by Crippen LogP contribution is -2.33. The Hall–Kier alpha value is -2.39. The number of aromatic nitrogens is 3. The van der Waals surface area contributed by atoms with Crippen LogP contribution >= 0.6 is 0 Å². The van der Waals surface area contributed by atoms with Crippen LogP contribution in [-0.2, 0) is 0 Å². The number of nitrogens with one attached hydrogen (secondary N) is 1. The highest BCUT2D eigenvalue weighted by Crippen LogP contribution is 2.24. The van der Waals surface area contributed by atoms with Crippen molar-refractivity contribution in [3.8, 4) is 5.88 Å². The first-order chi connectivity index (χ1) is 10.8. The average molecular weight is 334 g/mol. The molecule has 0 aliphatic carbocycles. The van der Waals surface area contributed by atoms with Crippen LogP contribution in [0.15, 0.2) is 22.7 Å². The van der Waals surface area contributed by atoms with Gasteiger partial charge in [-0.1, -0.05) is 0 Å². The number of hydrogen-bond donors (Lipinski definition) is 1. The summed E-state index contributed by atoms with van der Waals surface area (Å²) in [6.45, 7) is 1.99. The summed E-state index contributed by atoms with van der Waals surface area (Å²) in [5.74, 6) is -3.60. The Kier molecular flexibility index (Phi) is 5.02. The van der Waals surface area contributed by atoms with Gasteiger partial charge in [-0.05, 0) is 13.0 Å².